The zero-order valence-electron chi connectivity index (χ0n) is 12.6. The third-order valence-electron chi connectivity index (χ3n) is 3.36. The van der Waals surface area contributed by atoms with Crippen molar-refractivity contribution in [1.29, 1.82) is 0 Å². The summed E-state index contributed by atoms with van der Waals surface area (Å²) in [5.74, 6) is 0.848. The Bertz CT molecular complexity index is 373. The summed E-state index contributed by atoms with van der Waals surface area (Å²) in [5, 5.41) is 0.723. The third kappa shape index (κ3) is 5.04. The molecule has 1 heterocycles. The maximum absolute atomic E-state index is 6.17. The number of piperidine rings is 1. The fourth-order valence-corrected chi connectivity index (χ4v) is 2.30. The summed E-state index contributed by atoms with van der Waals surface area (Å²) in [4.78, 5) is 2.34. The van der Waals surface area contributed by atoms with Gasteiger partial charge in [-0.1, -0.05) is 38.4 Å². The first-order valence-electron chi connectivity index (χ1n) is 7.32. The van der Waals surface area contributed by atoms with Crippen LogP contribution < -0.4 is 4.74 Å². The highest BCUT2D eigenvalue weighted by atomic mass is 35.5. The van der Waals surface area contributed by atoms with Crippen LogP contribution in [0.25, 0.3) is 0 Å². The number of hydrogen-bond acceptors (Lipinski definition) is 2. The average molecular weight is 284 g/mol. The van der Waals surface area contributed by atoms with Gasteiger partial charge < -0.3 is 9.64 Å². The van der Waals surface area contributed by atoms with Crippen molar-refractivity contribution in [2.75, 3.05) is 20.1 Å². The number of hydrogen-bond donors (Lipinski definition) is 0. The molecule has 1 fully saturated rings. The largest absolute Gasteiger partial charge is 0.489 e. The Labute approximate surface area is 122 Å². The van der Waals surface area contributed by atoms with Crippen LogP contribution in [0.4, 0.5) is 0 Å². The lowest BCUT2D eigenvalue weighted by Crippen LogP contribution is -2.35. The first-order valence-corrected chi connectivity index (χ1v) is 7.70. The van der Waals surface area contributed by atoms with Crippen LogP contribution in [-0.2, 0) is 6.42 Å². The molecule has 108 valence electrons. The van der Waals surface area contributed by atoms with E-state index in [1.165, 1.54) is 5.56 Å². The van der Waals surface area contributed by atoms with Crippen molar-refractivity contribution >= 4 is 11.6 Å². The van der Waals surface area contributed by atoms with Crippen LogP contribution in [0, 0.1) is 0 Å². The van der Waals surface area contributed by atoms with E-state index in [4.69, 9.17) is 16.3 Å². The molecular weight excluding hydrogens is 258 g/mol. The predicted molar refractivity (Wildman–Crippen MR) is 83.3 cm³/mol. The molecule has 0 atom stereocenters. The molecule has 1 aliphatic heterocycles. The van der Waals surface area contributed by atoms with Gasteiger partial charge in [0.25, 0.3) is 0 Å². The van der Waals surface area contributed by atoms with Gasteiger partial charge in [0.05, 0.1) is 5.02 Å². The highest BCUT2D eigenvalue weighted by Crippen LogP contribution is 2.28. The van der Waals surface area contributed by atoms with Gasteiger partial charge in [-0.05, 0) is 44.0 Å². The van der Waals surface area contributed by atoms with Gasteiger partial charge in [-0.3, -0.25) is 0 Å². The van der Waals surface area contributed by atoms with Crippen molar-refractivity contribution in [3.63, 3.8) is 0 Å². The number of aryl methyl sites for hydroxylation is 1. The highest BCUT2D eigenvalue weighted by Gasteiger charge is 2.18. The molecule has 1 aromatic carbocycles. The normalized spacial score (nSPS) is 16.7. The van der Waals surface area contributed by atoms with E-state index in [1.54, 1.807) is 0 Å². The van der Waals surface area contributed by atoms with Crippen molar-refractivity contribution in [2.45, 2.75) is 46.1 Å². The van der Waals surface area contributed by atoms with Gasteiger partial charge in [-0.25, -0.2) is 0 Å². The maximum Gasteiger partial charge on any atom is 0.138 e. The molecule has 1 aliphatic rings. The molecule has 19 heavy (non-hydrogen) atoms. The van der Waals surface area contributed by atoms with E-state index < -0.39 is 0 Å². The fourth-order valence-electron chi connectivity index (χ4n) is 2.14. The van der Waals surface area contributed by atoms with E-state index in [9.17, 15) is 0 Å². The molecule has 0 aliphatic carbocycles. The van der Waals surface area contributed by atoms with E-state index in [0.29, 0.717) is 6.10 Å². The van der Waals surface area contributed by atoms with Crippen LogP contribution >= 0.6 is 11.6 Å². The molecule has 0 saturated carbocycles. The van der Waals surface area contributed by atoms with E-state index in [0.717, 1.165) is 43.1 Å². The number of nitrogens with zero attached hydrogens (tertiary/aromatic N) is 1. The Balaban J connectivity index is 0.000000861. The van der Waals surface area contributed by atoms with Crippen LogP contribution in [0.15, 0.2) is 18.2 Å². The van der Waals surface area contributed by atoms with Gasteiger partial charge in [0.1, 0.15) is 11.9 Å². The first kappa shape index (κ1) is 16.3. The fraction of sp³-hybridized carbons (Fsp3) is 0.625. The van der Waals surface area contributed by atoms with Crippen LogP contribution in [0.5, 0.6) is 5.75 Å². The van der Waals surface area contributed by atoms with E-state index >= 15 is 0 Å². The minimum absolute atomic E-state index is 0.316. The van der Waals surface area contributed by atoms with Crippen LogP contribution in [0.2, 0.25) is 5.02 Å². The molecule has 0 unspecified atom stereocenters. The van der Waals surface area contributed by atoms with Crippen LogP contribution in [-0.4, -0.2) is 31.1 Å². The predicted octanol–water partition coefficient (Wildman–Crippen LogP) is 4.40. The third-order valence-corrected chi connectivity index (χ3v) is 3.68. The summed E-state index contributed by atoms with van der Waals surface area (Å²) in [6.07, 6.45) is 3.50. The standard InChI is InChI=1S/C14H20ClNO.C2H6/c1-3-11-4-5-13(15)14(10-11)17-12-6-8-16(2)9-7-12;1-2/h4-5,10,12H,3,6-9H2,1-2H3;1-2H3. The Morgan fingerprint density at radius 1 is 1.26 bits per heavy atom. The van der Waals surface area contributed by atoms with Crippen molar-refractivity contribution in [3.8, 4) is 5.75 Å². The Hall–Kier alpha value is -0.730. The maximum atomic E-state index is 6.17. The van der Waals surface area contributed by atoms with E-state index in [1.807, 2.05) is 19.9 Å². The monoisotopic (exact) mass is 283 g/mol. The Morgan fingerprint density at radius 3 is 2.47 bits per heavy atom. The first-order chi connectivity index (χ1) is 9.19. The molecular formula is C16H26ClNO. The Kier molecular flexibility index (Phi) is 7.25. The molecule has 2 nitrogen and oxygen atoms in total. The zero-order valence-corrected chi connectivity index (χ0v) is 13.3. The summed E-state index contributed by atoms with van der Waals surface area (Å²) < 4.78 is 6.02. The molecule has 0 radical (unpaired) electrons. The van der Waals surface area contributed by atoms with Crippen molar-refractivity contribution in [3.05, 3.63) is 28.8 Å². The second-order valence-electron chi connectivity index (χ2n) is 4.74. The number of ether oxygens (including phenoxy) is 1. The van der Waals surface area contributed by atoms with E-state index in [-0.39, 0.29) is 0 Å². The second kappa shape index (κ2) is 8.44. The topological polar surface area (TPSA) is 12.5 Å². The molecule has 1 aromatic rings. The van der Waals surface area contributed by atoms with Gasteiger partial charge in [-0.2, -0.15) is 0 Å². The highest BCUT2D eigenvalue weighted by molar-refractivity contribution is 6.32. The summed E-state index contributed by atoms with van der Waals surface area (Å²) in [7, 11) is 2.15. The van der Waals surface area contributed by atoms with E-state index in [2.05, 4.69) is 31.0 Å². The van der Waals surface area contributed by atoms with Crippen molar-refractivity contribution < 1.29 is 4.74 Å². The Morgan fingerprint density at radius 2 is 1.89 bits per heavy atom. The number of benzene rings is 1. The quantitative estimate of drug-likeness (QED) is 0.815. The lowest BCUT2D eigenvalue weighted by atomic mass is 10.1. The summed E-state index contributed by atoms with van der Waals surface area (Å²) in [5.41, 5.74) is 1.28. The van der Waals surface area contributed by atoms with Crippen LogP contribution in [0.1, 0.15) is 39.2 Å². The average Bonchev–Trinajstić information content (AvgIpc) is 2.46. The molecule has 0 bridgehead atoms. The molecule has 3 heteroatoms. The van der Waals surface area contributed by atoms with Gasteiger partial charge >= 0.3 is 0 Å². The molecule has 0 spiro atoms. The zero-order chi connectivity index (χ0) is 14.3. The smallest absolute Gasteiger partial charge is 0.138 e. The minimum atomic E-state index is 0.316. The summed E-state index contributed by atoms with van der Waals surface area (Å²) >= 11 is 6.17. The molecule has 0 aromatic heterocycles. The van der Waals surface area contributed by atoms with Crippen molar-refractivity contribution in [1.82, 2.24) is 4.90 Å². The second-order valence-corrected chi connectivity index (χ2v) is 5.15. The number of rotatable bonds is 3. The molecule has 1 saturated heterocycles. The SMILES string of the molecule is CC.CCc1ccc(Cl)c(OC2CCN(C)CC2)c1. The van der Waals surface area contributed by atoms with Crippen molar-refractivity contribution in [2.24, 2.45) is 0 Å². The lowest BCUT2D eigenvalue weighted by molar-refractivity contribution is 0.114. The van der Waals surface area contributed by atoms with Gasteiger partial charge in [0.15, 0.2) is 0 Å². The molecule has 2 rings (SSSR count). The van der Waals surface area contributed by atoms with Gasteiger partial charge in [0, 0.05) is 13.1 Å². The summed E-state index contributed by atoms with van der Waals surface area (Å²) in [6.45, 7) is 8.36. The lowest BCUT2D eigenvalue weighted by Gasteiger charge is -2.29. The summed E-state index contributed by atoms with van der Waals surface area (Å²) in [6, 6.07) is 6.06. The van der Waals surface area contributed by atoms with Gasteiger partial charge in [0.2, 0.25) is 0 Å². The molecule has 0 N–H and O–H groups in total. The number of likely N-dealkylation sites (tertiary alicyclic amines) is 1. The van der Waals surface area contributed by atoms with Gasteiger partial charge in [-0.15, -0.1) is 0 Å². The minimum Gasteiger partial charge on any atom is -0.489 e. The molecule has 0 amide bonds. The van der Waals surface area contributed by atoms with Crippen LogP contribution in [0.3, 0.4) is 0 Å². The number of halogens is 1.